The van der Waals surface area contributed by atoms with E-state index in [0.717, 1.165) is 30.7 Å². The Bertz CT molecular complexity index is 433. The topological polar surface area (TPSA) is 17.1 Å². The van der Waals surface area contributed by atoms with Gasteiger partial charge < -0.3 is 0 Å². The summed E-state index contributed by atoms with van der Waals surface area (Å²) in [5.74, 6) is 2.06. The van der Waals surface area contributed by atoms with Crippen LogP contribution in [0.15, 0.2) is 24.3 Å². The van der Waals surface area contributed by atoms with Crippen LogP contribution in [0.1, 0.15) is 62.4 Å². The molecular formula is C18H26O. The molecule has 0 heterocycles. The van der Waals surface area contributed by atoms with E-state index in [1.807, 2.05) is 12.1 Å². The van der Waals surface area contributed by atoms with Crippen LogP contribution in [0.5, 0.6) is 0 Å². The van der Waals surface area contributed by atoms with Crippen molar-refractivity contribution in [3.8, 4) is 0 Å². The molecule has 0 spiro atoms. The van der Waals surface area contributed by atoms with Gasteiger partial charge in [0, 0.05) is 11.5 Å². The molecule has 0 saturated heterocycles. The van der Waals surface area contributed by atoms with Gasteiger partial charge in [-0.25, -0.2) is 0 Å². The Hall–Kier alpha value is -1.11. The monoisotopic (exact) mass is 258 g/mol. The first-order valence-electron chi connectivity index (χ1n) is 7.73. The third-order valence-electron chi connectivity index (χ3n) is 4.34. The fraction of sp³-hybridized carbons (Fsp3) is 0.611. The minimum Gasteiger partial charge on any atom is -0.294 e. The second kappa shape index (κ2) is 6.36. The summed E-state index contributed by atoms with van der Waals surface area (Å²) in [5.41, 5.74) is 2.23. The highest BCUT2D eigenvalue weighted by Gasteiger charge is 2.29. The fourth-order valence-corrected chi connectivity index (χ4v) is 3.24. The maximum Gasteiger partial charge on any atom is 0.165 e. The minimum atomic E-state index is 0.277. The molecule has 1 aliphatic carbocycles. The van der Waals surface area contributed by atoms with E-state index in [4.69, 9.17) is 0 Å². The number of rotatable bonds is 5. The first-order valence-corrected chi connectivity index (χ1v) is 7.73. The third-order valence-corrected chi connectivity index (χ3v) is 4.34. The summed E-state index contributed by atoms with van der Waals surface area (Å²) in [4.78, 5) is 12.5. The van der Waals surface area contributed by atoms with Crippen LogP contribution < -0.4 is 0 Å². The highest BCUT2D eigenvalue weighted by molar-refractivity contribution is 5.98. The van der Waals surface area contributed by atoms with Gasteiger partial charge >= 0.3 is 0 Å². The van der Waals surface area contributed by atoms with Gasteiger partial charge in [-0.15, -0.1) is 0 Å². The van der Waals surface area contributed by atoms with Crippen molar-refractivity contribution in [2.45, 2.75) is 52.9 Å². The Morgan fingerprint density at radius 1 is 1.32 bits per heavy atom. The average Bonchev–Trinajstić information content (AvgIpc) is 2.86. The van der Waals surface area contributed by atoms with Crippen molar-refractivity contribution in [3.63, 3.8) is 0 Å². The first-order chi connectivity index (χ1) is 9.10. The predicted molar refractivity (Wildman–Crippen MR) is 80.4 cm³/mol. The fourth-order valence-electron chi connectivity index (χ4n) is 3.24. The SMILES string of the molecule is CCC1CCC(C(=O)c2cccc(CC(C)C)c2)C1. The van der Waals surface area contributed by atoms with Crippen molar-refractivity contribution in [1.82, 2.24) is 0 Å². The molecule has 1 fully saturated rings. The van der Waals surface area contributed by atoms with Crippen molar-refractivity contribution in [2.24, 2.45) is 17.8 Å². The number of Topliss-reactive ketones (excluding diaryl/α,β-unsaturated/α-hetero) is 1. The quantitative estimate of drug-likeness (QED) is 0.687. The van der Waals surface area contributed by atoms with Crippen molar-refractivity contribution >= 4 is 5.78 Å². The molecule has 1 nitrogen and oxygen atoms in total. The molecule has 0 amide bonds. The maximum absolute atomic E-state index is 12.5. The zero-order valence-corrected chi connectivity index (χ0v) is 12.5. The zero-order valence-electron chi connectivity index (χ0n) is 12.5. The van der Waals surface area contributed by atoms with Gasteiger partial charge in [0.1, 0.15) is 0 Å². The summed E-state index contributed by atoms with van der Waals surface area (Å²) in [5, 5.41) is 0. The van der Waals surface area contributed by atoms with E-state index in [9.17, 15) is 4.79 Å². The largest absolute Gasteiger partial charge is 0.294 e. The predicted octanol–water partition coefficient (Wildman–Crippen LogP) is 4.89. The van der Waals surface area contributed by atoms with Crippen molar-refractivity contribution < 1.29 is 4.79 Å². The summed E-state index contributed by atoms with van der Waals surface area (Å²) in [6.07, 6.45) is 5.70. The average molecular weight is 258 g/mol. The molecular weight excluding hydrogens is 232 g/mol. The number of hydrogen-bond acceptors (Lipinski definition) is 1. The maximum atomic E-state index is 12.5. The van der Waals surface area contributed by atoms with Gasteiger partial charge in [-0.3, -0.25) is 4.79 Å². The van der Waals surface area contributed by atoms with Gasteiger partial charge in [0.15, 0.2) is 5.78 Å². The molecule has 0 radical (unpaired) electrons. The zero-order chi connectivity index (χ0) is 13.8. The number of ketones is 1. The van der Waals surface area contributed by atoms with Crippen LogP contribution in [0.25, 0.3) is 0 Å². The molecule has 0 aliphatic heterocycles. The molecule has 1 aromatic rings. The molecule has 0 bridgehead atoms. The van der Waals surface area contributed by atoms with Crippen LogP contribution in [0, 0.1) is 17.8 Å². The lowest BCUT2D eigenvalue weighted by atomic mass is 9.92. The number of benzene rings is 1. The van der Waals surface area contributed by atoms with Crippen LogP contribution in [0.2, 0.25) is 0 Å². The Morgan fingerprint density at radius 2 is 2.11 bits per heavy atom. The summed E-state index contributed by atoms with van der Waals surface area (Å²) in [7, 11) is 0. The van der Waals surface area contributed by atoms with Crippen LogP contribution in [0.3, 0.4) is 0 Å². The molecule has 1 saturated carbocycles. The highest BCUT2D eigenvalue weighted by Crippen LogP contribution is 2.35. The molecule has 2 unspecified atom stereocenters. The molecule has 1 heteroatoms. The lowest BCUT2D eigenvalue weighted by Crippen LogP contribution is -2.12. The molecule has 2 rings (SSSR count). The summed E-state index contributed by atoms with van der Waals surface area (Å²) >= 11 is 0. The molecule has 0 aromatic heterocycles. The summed E-state index contributed by atoms with van der Waals surface area (Å²) in [6.45, 7) is 6.68. The van der Waals surface area contributed by atoms with Gasteiger partial charge in [-0.05, 0) is 49.1 Å². The number of hydrogen-bond donors (Lipinski definition) is 0. The van der Waals surface area contributed by atoms with Crippen LogP contribution in [-0.4, -0.2) is 5.78 Å². The second-order valence-electron chi connectivity index (χ2n) is 6.45. The number of carbonyl (C=O) groups is 1. The van der Waals surface area contributed by atoms with E-state index in [-0.39, 0.29) is 5.92 Å². The van der Waals surface area contributed by atoms with Gasteiger partial charge in [0.2, 0.25) is 0 Å². The Morgan fingerprint density at radius 3 is 2.74 bits per heavy atom. The summed E-state index contributed by atoms with van der Waals surface area (Å²) < 4.78 is 0. The molecule has 1 aliphatic rings. The van der Waals surface area contributed by atoms with Gasteiger partial charge in [0.25, 0.3) is 0 Å². The first kappa shape index (κ1) is 14.3. The molecule has 1 aromatic carbocycles. The Balaban J connectivity index is 2.07. The van der Waals surface area contributed by atoms with E-state index in [0.29, 0.717) is 11.7 Å². The highest BCUT2D eigenvalue weighted by atomic mass is 16.1. The van der Waals surface area contributed by atoms with Gasteiger partial charge in [-0.1, -0.05) is 45.4 Å². The van der Waals surface area contributed by atoms with E-state index < -0.39 is 0 Å². The summed E-state index contributed by atoms with van der Waals surface area (Å²) in [6, 6.07) is 8.28. The van der Waals surface area contributed by atoms with E-state index >= 15 is 0 Å². The standard InChI is InChI=1S/C18H26O/c1-4-14-8-9-17(11-14)18(19)16-7-5-6-15(12-16)10-13(2)3/h5-7,12-14,17H,4,8-11H2,1-3H3. The van der Waals surface area contributed by atoms with Crippen molar-refractivity contribution in [3.05, 3.63) is 35.4 Å². The van der Waals surface area contributed by atoms with Gasteiger partial charge in [0.05, 0.1) is 0 Å². The Kier molecular flexibility index (Phi) is 4.79. The van der Waals surface area contributed by atoms with Crippen molar-refractivity contribution in [2.75, 3.05) is 0 Å². The minimum absolute atomic E-state index is 0.277. The van der Waals surface area contributed by atoms with Crippen LogP contribution in [-0.2, 0) is 6.42 Å². The lowest BCUT2D eigenvalue weighted by molar-refractivity contribution is 0.0920. The molecule has 19 heavy (non-hydrogen) atoms. The van der Waals surface area contributed by atoms with E-state index in [2.05, 4.69) is 32.9 Å². The normalized spacial score (nSPS) is 22.9. The lowest BCUT2D eigenvalue weighted by Gasteiger charge is -2.11. The van der Waals surface area contributed by atoms with E-state index in [1.54, 1.807) is 0 Å². The smallest absolute Gasteiger partial charge is 0.165 e. The van der Waals surface area contributed by atoms with Crippen LogP contribution in [0.4, 0.5) is 0 Å². The molecule has 0 N–H and O–H groups in total. The Labute approximate surface area is 117 Å². The van der Waals surface area contributed by atoms with Crippen molar-refractivity contribution in [1.29, 1.82) is 0 Å². The third kappa shape index (κ3) is 3.68. The molecule has 104 valence electrons. The van der Waals surface area contributed by atoms with Gasteiger partial charge in [-0.2, -0.15) is 0 Å². The van der Waals surface area contributed by atoms with Crippen LogP contribution >= 0.6 is 0 Å². The van der Waals surface area contributed by atoms with E-state index in [1.165, 1.54) is 18.4 Å². The molecule has 2 atom stereocenters. The second-order valence-corrected chi connectivity index (χ2v) is 6.45. The number of carbonyl (C=O) groups excluding carboxylic acids is 1.